The smallest absolute Gasteiger partial charge is 0.270 e. The predicted octanol–water partition coefficient (Wildman–Crippen LogP) is 2.63. The van der Waals surface area contributed by atoms with Crippen molar-refractivity contribution in [2.24, 2.45) is 0 Å². The first-order valence-corrected chi connectivity index (χ1v) is 7.27. The molecule has 0 aromatic carbocycles. The highest BCUT2D eigenvalue weighted by molar-refractivity contribution is 5.75. The number of hydrogen-bond donors (Lipinski definition) is 0. The molecule has 0 saturated carbocycles. The molecule has 0 spiro atoms. The van der Waals surface area contributed by atoms with Gasteiger partial charge in [-0.2, -0.15) is 0 Å². The van der Waals surface area contributed by atoms with Crippen LogP contribution >= 0.6 is 0 Å². The van der Waals surface area contributed by atoms with Gasteiger partial charge in [0.2, 0.25) is 0 Å². The molecule has 0 aliphatic rings. The molecule has 0 heterocycles. The van der Waals surface area contributed by atoms with Crippen LogP contribution in [0.2, 0.25) is 0 Å². The average Bonchev–Trinajstić information content (AvgIpc) is 2.30. The standard InChI is InChI=1S/C15H32N3/c1-7-11-17(12-8-2)15(16(5)6)18(13-9-3)14-10-4/h7H,1,8-14H2,2-6H3/q+1. The molecule has 0 atom stereocenters. The van der Waals surface area contributed by atoms with Crippen LogP contribution in [0.25, 0.3) is 0 Å². The van der Waals surface area contributed by atoms with E-state index in [-0.39, 0.29) is 0 Å². The van der Waals surface area contributed by atoms with E-state index >= 15 is 0 Å². The molecule has 0 fully saturated rings. The molecule has 0 radical (unpaired) electrons. The lowest BCUT2D eigenvalue weighted by Gasteiger charge is -2.28. The van der Waals surface area contributed by atoms with Crippen molar-refractivity contribution in [1.29, 1.82) is 0 Å². The Kier molecular flexibility index (Phi) is 9.43. The summed E-state index contributed by atoms with van der Waals surface area (Å²) in [6.45, 7) is 14.9. The lowest BCUT2D eigenvalue weighted by Crippen LogP contribution is -2.49. The van der Waals surface area contributed by atoms with E-state index in [2.05, 4.69) is 55.8 Å². The highest BCUT2D eigenvalue weighted by Crippen LogP contribution is 2.03. The molecule has 0 N–H and O–H groups in total. The summed E-state index contributed by atoms with van der Waals surface area (Å²) in [5.41, 5.74) is 0. The molecule has 0 unspecified atom stereocenters. The van der Waals surface area contributed by atoms with Gasteiger partial charge in [0, 0.05) is 0 Å². The maximum absolute atomic E-state index is 3.88. The van der Waals surface area contributed by atoms with E-state index in [9.17, 15) is 0 Å². The van der Waals surface area contributed by atoms with Gasteiger partial charge in [-0.15, -0.1) is 0 Å². The van der Waals surface area contributed by atoms with Crippen molar-refractivity contribution in [2.45, 2.75) is 40.0 Å². The van der Waals surface area contributed by atoms with Crippen molar-refractivity contribution in [3.8, 4) is 0 Å². The molecule has 18 heavy (non-hydrogen) atoms. The third kappa shape index (κ3) is 5.56. The van der Waals surface area contributed by atoms with Gasteiger partial charge >= 0.3 is 5.96 Å². The Morgan fingerprint density at radius 3 is 1.72 bits per heavy atom. The molecule has 0 aromatic heterocycles. The summed E-state index contributed by atoms with van der Waals surface area (Å²) in [7, 11) is 4.28. The Morgan fingerprint density at radius 1 is 0.944 bits per heavy atom. The van der Waals surface area contributed by atoms with Gasteiger partial charge in [0.15, 0.2) is 0 Å². The summed E-state index contributed by atoms with van der Waals surface area (Å²) in [5.74, 6) is 1.33. The summed E-state index contributed by atoms with van der Waals surface area (Å²) < 4.78 is 2.24. The second-order valence-corrected chi connectivity index (χ2v) is 4.92. The molecular formula is C15H32N3+. The Bertz CT molecular complexity index is 248. The minimum absolute atomic E-state index is 0.922. The Morgan fingerprint density at radius 2 is 1.39 bits per heavy atom. The van der Waals surface area contributed by atoms with Crippen LogP contribution in [-0.4, -0.2) is 60.6 Å². The molecule has 0 aliphatic heterocycles. The van der Waals surface area contributed by atoms with E-state index in [1.54, 1.807) is 0 Å². The van der Waals surface area contributed by atoms with Crippen LogP contribution in [0.1, 0.15) is 40.0 Å². The van der Waals surface area contributed by atoms with E-state index < -0.39 is 0 Å². The Balaban J connectivity index is 5.09. The minimum atomic E-state index is 0.922. The zero-order chi connectivity index (χ0) is 14.0. The molecule has 0 amide bonds. The molecule has 3 heteroatoms. The van der Waals surface area contributed by atoms with Gasteiger partial charge in [-0.1, -0.05) is 33.4 Å². The summed E-state index contributed by atoms with van der Waals surface area (Å²) in [6, 6.07) is 0. The summed E-state index contributed by atoms with van der Waals surface area (Å²) in [6.07, 6.45) is 5.53. The second kappa shape index (κ2) is 9.98. The maximum atomic E-state index is 3.88. The number of hydrogen-bond acceptors (Lipinski definition) is 0. The summed E-state index contributed by atoms with van der Waals surface area (Å²) >= 11 is 0. The number of guanidine groups is 1. The van der Waals surface area contributed by atoms with Crippen LogP contribution in [0, 0.1) is 0 Å². The van der Waals surface area contributed by atoms with Gasteiger partial charge < -0.3 is 0 Å². The van der Waals surface area contributed by atoms with Crippen molar-refractivity contribution < 1.29 is 4.58 Å². The quantitative estimate of drug-likeness (QED) is 0.285. The van der Waals surface area contributed by atoms with Crippen LogP contribution in [0.3, 0.4) is 0 Å². The Hall–Kier alpha value is -0.990. The SMILES string of the molecule is C=CCN(CCC)C(N(CCC)CCC)=[N+](C)C. The van der Waals surface area contributed by atoms with Gasteiger partial charge in [-0.3, -0.25) is 14.4 Å². The lowest BCUT2D eigenvalue weighted by atomic mass is 10.3. The van der Waals surface area contributed by atoms with E-state index in [1.807, 2.05) is 6.08 Å². The van der Waals surface area contributed by atoms with Crippen LogP contribution in [-0.2, 0) is 0 Å². The predicted molar refractivity (Wildman–Crippen MR) is 81.3 cm³/mol. The van der Waals surface area contributed by atoms with Crippen LogP contribution in [0.15, 0.2) is 12.7 Å². The van der Waals surface area contributed by atoms with Gasteiger partial charge in [0.05, 0.1) is 40.3 Å². The Labute approximate surface area is 114 Å². The molecule has 106 valence electrons. The van der Waals surface area contributed by atoms with E-state index in [0.717, 1.165) is 32.6 Å². The molecule has 0 aliphatic carbocycles. The van der Waals surface area contributed by atoms with Crippen molar-refractivity contribution >= 4 is 5.96 Å². The summed E-state index contributed by atoms with van der Waals surface area (Å²) in [4.78, 5) is 4.93. The van der Waals surface area contributed by atoms with Crippen LogP contribution < -0.4 is 0 Å². The van der Waals surface area contributed by atoms with Crippen molar-refractivity contribution in [3.05, 3.63) is 12.7 Å². The van der Waals surface area contributed by atoms with Gasteiger partial charge in [-0.25, -0.2) is 0 Å². The van der Waals surface area contributed by atoms with Crippen LogP contribution in [0.5, 0.6) is 0 Å². The number of nitrogens with zero attached hydrogens (tertiary/aromatic N) is 3. The molecule has 3 nitrogen and oxygen atoms in total. The normalized spacial score (nSPS) is 10.1. The highest BCUT2D eigenvalue weighted by Gasteiger charge is 2.24. The van der Waals surface area contributed by atoms with Gasteiger partial charge in [0.25, 0.3) is 0 Å². The fourth-order valence-electron chi connectivity index (χ4n) is 2.32. The first kappa shape index (κ1) is 17.0. The minimum Gasteiger partial charge on any atom is -0.270 e. The second-order valence-electron chi connectivity index (χ2n) is 4.92. The summed E-state index contributed by atoms with van der Waals surface area (Å²) in [5, 5.41) is 0. The molecular weight excluding hydrogens is 222 g/mol. The van der Waals surface area contributed by atoms with Crippen molar-refractivity contribution in [2.75, 3.05) is 40.3 Å². The molecule has 0 saturated heterocycles. The third-order valence-corrected chi connectivity index (χ3v) is 2.80. The van der Waals surface area contributed by atoms with Crippen molar-refractivity contribution in [1.82, 2.24) is 9.80 Å². The number of rotatable bonds is 8. The molecule has 0 aromatic rings. The van der Waals surface area contributed by atoms with Crippen LogP contribution in [0.4, 0.5) is 0 Å². The molecule has 0 rings (SSSR count). The van der Waals surface area contributed by atoms with Gasteiger partial charge in [0.1, 0.15) is 0 Å². The largest absolute Gasteiger partial charge is 0.350 e. The highest BCUT2D eigenvalue weighted by atomic mass is 15.4. The topological polar surface area (TPSA) is 9.49 Å². The monoisotopic (exact) mass is 254 g/mol. The van der Waals surface area contributed by atoms with E-state index in [0.29, 0.717) is 0 Å². The fourth-order valence-corrected chi connectivity index (χ4v) is 2.32. The first-order valence-electron chi connectivity index (χ1n) is 7.27. The van der Waals surface area contributed by atoms with E-state index in [1.165, 1.54) is 18.8 Å². The zero-order valence-corrected chi connectivity index (χ0v) is 13.1. The van der Waals surface area contributed by atoms with E-state index in [4.69, 9.17) is 0 Å². The lowest BCUT2D eigenvalue weighted by molar-refractivity contribution is -0.476. The third-order valence-electron chi connectivity index (χ3n) is 2.80. The first-order chi connectivity index (χ1) is 8.62. The molecule has 0 bridgehead atoms. The van der Waals surface area contributed by atoms with Gasteiger partial charge in [-0.05, 0) is 19.3 Å². The van der Waals surface area contributed by atoms with Crippen molar-refractivity contribution in [3.63, 3.8) is 0 Å². The average molecular weight is 254 g/mol. The maximum Gasteiger partial charge on any atom is 0.350 e. The zero-order valence-electron chi connectivity index (χ0n) is 13.1. The fraction of sp³-hybridized carbons (Fsp3) is 0.800.